The summed E-state index contributed by atoms with van der Waals surface area (Å²) in [5.41, 5.74) is 3.20. The number of nitrogens with zero attached hydrogens (tertiary/aromatic N) is 2. The lowest BCUT2D eigenvalue weighted by Gasteiger charge is -2.16. The van der Waals surface area contributed by atoms with Gasteiger partial charge in [-0.1, -0.05) is 13.8 Å². The van der Waals surface area contributed by atoms with E-state index in [0.29, 0.717) is 6.04 Å². The highest BCUT2D eigenvalue weighted by Gasteiger charge is 2.21. The first-order chi connectivity index (χ1) is 8.56. The van der Waals surface area contributed by atoms with Crippen molar-refractivity contribution in [2.24, 2.45) is 0 Å². The summed E-state index contributed by atoms with van der Waals surface area (Å²) in [7, 11) is 1.72. The maximum atomic E-state index is 9.94. The van der Waals surface area contributed by atoms with E-state index >= 15 is 0 Å². The molecule has 0 bridgehead atoms. The van der Waals surface area contributed by atoms with Crippen LogP contribution in [0.1, 0.15) is 63.2 Å². The lowest BCUT2D eigenvalue weighted by Crippen LogP contribution is -2.13. The highest BCUT2D eigenvalue weighted by molar-refractivity contribution is 5.29. The number of methoxy groups -OCH3 is 1. The van der Waals surface area contributed by atoms with E-state index in [0.717, 1.165) is 42.8 Å². The van der Waals surface area contributed by atoms with Crippen molar-refractivity contribution in [3.63, 3.8) is 0 Å². The van der Waals surface area contributed by atoms with E-state index in [1.165, 1.54) is 0 Å². The van der Waals surface area contributed by atoms with Gasteiger partial charge in [-0.05, 0) is 33.1 Å². The lowest BCUT2D eigenvalue weighted by atomic mass is 10.0. The summed E-state index contributed by atoms with van der Waals surface area (Å²) in [5, 5.41) is 14.6. The summed E-state index contributed by atoms with van der Waals surface area (Å²) >= 11 is 0. The van der Waals surface area contributed by atoms with Crippen LogP contribution in [-0.4, -0.2) is 28.6 Å². The predicted molar refractivity (Wildman–Crippen MR) is 72.8 cm³/mol. The third-order valence-corrected chi connectivity index (χ3v) is 3.37. The lowest BCUT2D eigenvalue weighted by molar-refractivity contribution is 0.177. The Balaban J connectivity index is 3.11. The minimum absolute atomic E-state index is 0.303. The van der Waals surface area contributed by atoms with Crippen LogP contribution in [0.2, 0.25) is 0 Å². The van der Waals surface area contributed by atoms with Gasteiger partial charge in [-0.2, -0.15) is 5.10 Å². The quantitative estimate of drug-likeness (QED) is 0.813. The van der Waals surface area contributed by atoms with Crippen LogP contribution in [0.25, 0.3) is 0 Å². The average molecular weight is 254 g/mol. The molecule has 1 N–H and O–H groups in total. The Morgan fingerprint density at radius 3 is 2.39 bits per heavy atom. The Morgan fingerprint density at radius 1 is 1.28 bits per heavy atom. The Kier molecular flexibility index (Phi) is 5.82. The zero-order chi connectivity index (χ0) is 13.7. The molecule has 0 saturated heterocycles. The van der Waals surface area contributed by atoms with Gasteiger partial charge in [-0.15, -0.1) is 0 Å². The number of aliphatic hydroxyl groups is 1. The number of aromatic nitrogens is 2. The summed E-state index contributed by atoms with van der Waals surface area (Å²) in [4.78, 5) is 0. The van der Waals surface area contributed by atoms with Crippen molar-refractivity contribution in [3.05, 3.63) is 17.0 Å². The average Bonchev–Trinajstić information content (AvgIpc) is 2.74. The van der Waals surface area contributed by atoms with Gasteiger partial charge in [0.25, 0.3) is 0 Å². The number of aliphatic hydroxyl groups excluding tert-OH is 1. The Labute approximate surface area is 110 Å². The van der Waals surface area contributed by atoms with E-state index in [1.807, 2.05) is 6.92 Å². The molecule has 0 saturated carbocycles. The van der Waals surface area contributed by atoms with Crippen molar-refractivity contribution in [2.45, 2.75) is 59.1 Å². The first-order valence-corrected chi connectivity index (χ1v) is 6.83. The fourth-order valence-corrected chi connectivity index (χ4v) is 2.41. The van der Waals surface area contributed by atoms with Crippen LogP contribution in [-0.2, 0) is 17.6 Å². The standard InChI is InChI=1S/C14H26N2O2/c1-6-12-14(11(4)17)13(7-2)16(15-12)10(3)8-9-18-5/h10-11,17H,6-9H2,1-5H3. The van der Waals surface area contributed by atoms with Crippen molar-refractivity contribution in [1.82, 2.24) is 9.78 Å². The van der Waals surface area contributed by atoms with Gasteiger partial charge in [0, 0.05) is 25.0 Å². The van der Waals surface area contributed by atoms with Crippen molar-refractivity contribution in [3.8, 4) is 0 Å². The van der Waals surface area contributed by atoms with E-state index < -0.39 is 6.10 Å². The molecule has 104 valence electrons. The van der Waals surface area contributed by atoms with Crippen LogP contribution in [0.4, 0.5) is 0 Å². The molecule has 0 spiro atoms. The summed E-state index contributed by atoms with van der Waals surface area (Å²) in [6.45, 7) is 8.89. The molecular weight excluding hydrogens is 228 g/mol. The molecule has 1 aromatic heterocycles. The first kappa shape index (κ1) is 15.2. The maximum Gasteiger partial charge on any atom is 0.0798 e. The van der Waals surface area contributed by atoms with Gasteiger partial charge < -0.3 is 9.84 Å². The van der Waals surface area contributed by atoms with E-state index in [-0.39, 0.29) is 0 Å². The molecule has 0 aliphatic carbocycles. The minimum atomic E-state index is -0.446. The van der Waals surface area contributed by atoms with E-state index in [9.17, 15) is 5.11 Å². The van der Waals surface area contributed by atoms with Crippen LogP contribution in [0.3, 0.4) is 0 Å². The molecule has 1 rings (SSSR count). The second-order valence-corrected chi connectivity index (χ2v) is 4.77. The third-order valence-electron chi connectivity index (χ3n) is 3.37. The Hall–Kier alpha value is -0.870. The van der Waals surface area contributed by atoms with Gasteiger partial charge >= 0.3 is 0 Å². The smallest absolute Gasteiger partial charge is 0.0798 e. The van der Waals surface area contributed by atoms with Crippen LogP contribution >= 0.6 is 0 Å². The molecule has 0 fully saturated rings. The van der Waals surface area contributed by atoms with Crippen LogP contribution in [0, 0.1) is 0 Å². The number of ether oxygens (including phenoxy) is 1. The van der Waals surface area contributed by atoms with Gasteiger partial charge in [0.15, 0.2) is 0 Å². The molecule has 0 aliphatic heterocycles. The number of hydrogen-bond donors (Lipinski definition) is 1. The van der Waals surface area contributed by atoms with Crippen molar-refractivity contribution >= 4 is 0 Å². The zero-order valence-electron chi connectivity index (χ0n) is 12.2. The fourth-order valence-electron chi connectivity index (χ4n) is 2.41. The molecule has 1 aromatic rings. The maximum absolute atomic E-state index is 9.94. The molecule has 18 heavy (non-hydrogen) atoms. The van der Waals surface area contributed by atoms with Gasteiger partial charge in [0.2, 0.25) is 0 Å². The second kappa shape index (κ2) is 6.90. The summed E-state index contributed by atoms with van der Waals surface area (Å²) in [6.07, 6.45) is 2.24. The highest BCUT2D eigenvalue weighted by atomic mass is 16.5. The summed E-state index contributed by atoms with van der Waals surface area (Å²) in [5.74, 6) is 0. The normalized spacial score (nSPS) is 14.8. The monoisotopic (exact) mass is 254 g/mol. The summed E-state index contributed by atoms with van der Waals surface area (Å²) < 4.78 is 7.20. The van der Waals surface area contributed by atoms with Gasteiger partial charge in [0.05, 0.1) is 17.8 Å². The molecule has 0 aliphatic rings. The predicted octanol–water partition coefficient (Wildman–Crippen LogP) is 2.66. The highest BCUT2D eigenvalue weighted by Crippen LogP contribution is 2.26. The van der Waals surface area contributed by atoms with Crippen molar-refractivity contribution < 1.29 is 9.84 Å². The molecule has 0 aromatic carbocycles. The summed E-state index contributed by atoms with van der Waals surface area (Å²) in [6, 6.07) is 0.303. The molecule has 2 unspecified atom stereocenters. The van der Waals surface area contributed by atoms with E-state index in [1.54, 1.807) is 7.11 Å². The third kappa shape index (κ3) is 3.12. The molecule has 0 amide bonds. The van der Waals surface area contributed by atoms with Crippen molar-refractivity contribution in [2.75, 3.05) is 13.7 Å². The van der Waals surface area contributed by atoms with Crippen molar-refractivity contribution in [1.29, 1.82) is 0 Å². The first-order valence-electron chi connectivity index (χ1n) is 6.83. The molecule has 4 heteroatoms. The topological polar surface area (TPSA) is 47.3 Å². The van der Waals surface area contributed by atoms with Gasteiger partial charge in [-0.3, -0.25) is 4.68 Å². The fraction of sp³-hybridized carbons (Fsp3) is 0.786. The number of hydrogen-bond acceptors (Lipinski definition) is 3. The van der Waals surface area contributed by atoms with Gasteiger partial charge in [-0.25, -0.2) is 0 Å². The molecular formula is C14H26N2O2. The number of aryl methyl sites for hydroxylation is 1. The Morgan fingerprint density at radius 2 is 1.94 bits per heavy atom. The van der Waals surface area contributed by atoms with Crippen LogP contribution in [0.15, 0.2) is 0 Å². The molecule has 1 heterocycles. The van der Waals surface area contributed by atoms with Crippen LogP contribution < -0.4 is 0 Å². The minimum Gasteiger partial charge on any atom is -0.389 e. The SMILES string of the molecule is CCc1nn(C(C)CCOC)c(CC)c1C(C)O. The van der Waals surface area contributed by atoms with Gasteiger partial charge in [0.1, 0.15) is 0 Å². The largest absolute Gasteiger partial charge is 0.389 e. The molecule has 0 radical (unpaired) electrons. The van der Waals surface area contributed by atoms with E-state index in [4.69, 9.17) is 4.74 Å². The molecule has 2 atom stereocenters. The second-order valence-electron chi connectivity index (χ2n) is 4.77. The molecule has 4 nitrogen and oxygen atoms in total. The number of rotatable bonds is 7. The Bertz CT molecular complexity index is 372. The zero-order valence-corrected chi connectivity index (χ0v) is 12.2. The van der Waals surface area contributed by atoms with Crippen LogP contribution in [0.5, 0.6) is 0 Å². The van der Waals surface area contributed by atoms with E-state index in [2.05, 4.69) is 30.6 Å².